The van der Waals surface area contributed by atoms with Gasteiger partial charge < -0.3 is 31.4 Å². The standard InChI is InChI=1S/C7H11N3O2.C4H9NO3/c1-10-4-9-3-5(10)2-6(8)7(11)12;5-3(1-2-6)4(7)8/h3-4,6H,2,8H2,1H3,(H,11,12);3,6H,1-2,5H2,(H,7,8). The molecule has 0 saturated heterocycles. The maximum atomic E-state index is 10.4. The number of nitrogens with zero attached hydrogens (tertiary/aromatic N) is 2. The van der Waals surface area contributed by atoms with Crippen LogP contribution in [0, 0.1) is 0 Å². The van der Waals surface area contributed by atoms with Gasteiger partial charge in [-0.05, 0) is 6.42 Å². The summed E-state index contributed by atoms with van der Waals surface area (Å²) in [5, 5.41) is 24.7. The summed E-state index contributed by atoms with van der Waals surface area (Å²) in [7, 11) is 1.80. The fourth-order valence-electron chi connectivity index (χ4n) is 1.16. The van der Waals surface area contributed by atoms with Crippen LogP contribution < -0.4 is 11.5 Å². The van der Waals surface area contributed by atoms with E-state index >= 15 is 0 Å². The lowest BCUT2D eigenvalue weighted by molar-refractivity contribution is -0.139. The van der Waals surface area contributed by atoms with Gasteiger partial charge in [0.05, 0.1) is 6.33 Å². The molecule has 0 amide bonds. The van der Waals surface area contributed by atoms with Crippen molar-refractivity contribution in [3.05, 3.63) is 18.2 Å². The van der Waals surface area contributed by atoms with E-state index in [2.05, 4.69) is 4.98 Å². The summed E-state index contributed by atoms with van der Waals surface area (Å²) in [6.45, 7) is -0.173. The number of hydrogen-bond acceptors (Lipinski definition) is 6. The molecule has 0 aromatic carbocycles. The Balaban J connectivity index is 0.000000396. The van der Waals surface area contributed by atoms with Gasteiger partial charge in [-0.2, -0.15) is 0 Å². The van der Waals surface area contributed by atoms with Crippen LogP contribution in [0.4, 0.5) is 0 Å². The lowest BCUT2D eigenvalue weighted by atomic mass is 10.2. The molecule has 20 heavy (non-hydrogen) atoms. The fraction of sp³-hybridized carbons (Fsp3) is 0.545. The van der Waals surface area contributed by atoms with Crippen LogP contribution in [0.1, 0.15) is 12.1 Å². The SMILES string of the molecule is Cn1cncc1CC(N)C(=O)O.NC(CCO)C(=O)O. The van der Waals surface area contributed by atoms with E-state index in [0.717, 1.165) is 5.69 Å². The van der Waals surface area contributed by atoms with E-state index in [1.54, 1.807) is 24.1 Å². The molecule has 0 radical (unpaired) electrons. The number of aryl methyl sites for hydroxylation is 1. The summed E-state index contributed by atoms with van der Waals surface area (Å²) in [5.74, 6) is -2.06. The summed E-state index contributed by atoms with van der Waals surface area (Å²) < 4.78 is 1.75. The van der Waals surface area contributed by atoms with Crippen LogP contribution in [0.3, 0.4) is 0 Å². The summed E-state index contributed by atoms with van der Waals surface area (Å²) >= 11 is 0. The Morgan fingerprint density at radius 2 is 1.85 bits per heavy atom. The monoisotopic (exact) mass is 288 g/mol. The van der Waals surface area contributed by atoms with E-state index < -0.39 is 24.0 Å². The van der Waals surface area contributed by atoms with Gasteiger partial charge in [0.1, 0.15) is 12.1 Å². The molecule has 1 aromatic rings. The fourth-order valence-corrected chi connectivity index (χ4v) is 1.16. The number of carboxylic acids is 2. The molecular weight excluding hydrogens is 268 g/mol. The number of aliphatic hydroxyl groups excluding tert-OH is 1. The average molecular weight is 288 g/mol. The molecule has 0 spiro atoms. The summed E-state index contributed by atoms with van der Waals surface area (Å²) in [4.78, 5) is 24.1. The van der Waals surface area contributed by atoms with Crippen LogP contribution in [-0.4, -0.2) is 55.5 Å². The van der Waals surface area contributed by atoms with E-state index in [9.17, 15) is 9.59 Å². The predicted molar refractivity (Wildman–Crippen MR) is 69.8 cm³/mol. The molecular formula is C11H20N4O5. The maximum Gasteiger partial charge on any atom is 0.320 e. The van der Waals surface area contributed by atoms with Crippen molar-refractivity contribution in [1.29, 1.82) is 0 Å². The smallest absolute Gasteiger partial charge is 0.320 e. The average Bonchev–Trinajstić information content (AvgIpc) is 2.76. The number of carbonyl (C=O) groups is 2. The van der Waals surface area contributed by atoms with Gasteiger partial charge in [0, 0.05) is 32.0 Å². The van der Waals surface area contributed by atoms with Crippen LogP contribution >= 0.6 is 0 Å². The molecule has 2 atom stereocenters. The first-order valence-electron chi connectivity index (χ1n) is 5.82. The van der Waals surface area contributed by atoms with E-state index in [4.69, 9.17) is 26.8 Å². The normalized spacial score (nSPS) is 13.0. The van der Waals surface area contributed by atoms with Gasteiger partial charge in [0.15, 0.2) is 0 Å². The van der Waals surface area contributed by atoms with Crippen LogP contribution in [0.2, 0.25) is 0 Å². The first-order valence-corrected chi connectivity index (χ1v) is 5.82. The number of aliphatic hydroxyl groups is 1. The maximum absolute atomic E-state index is 10.4. The molecule has 7 N–H and O–H groups in total. The van der Waals surface area contributed by atoms with Crippen molar-refractivity contribution < 1.29 is 24.9 Å². The molecule has 1 rings (SSSR count). The zero-order chi connectivity index (χ0) is 15.7. The Morgan fingerprint density at radius 1 is 1.30 bits per heavy atom. The number of imidazole rings is 1. The van der Waals surface area contributed by atoms with Gasteiger partial charge >= 0.3 is 11.9 Å². The Morgan fingerprint density at radius 3 is 2.15 bits per heavy atom. The van der Waals surface area contributed by atoms with Crippen LogP contribution in [0.15, 0.2) is 12.5 Å². The summed E-state index contributed by atoms with van der Waals surface area (Å²) in [5.41, 5.74) is 11.1. The molecule has 2 unspecified atom stereocenters. The van der Waals surface area contributed by atoms with E-state index in [-0.39, 0.29) is 13.0 Å². The highest BCUT2D eigenvalue weighted by Crippen LogP contribution is 1.99. The van der Waals surface area contributed by atoms with E-state index in [1.807, 2.05) is 0 Å². The lowest BCUT2D eigenvalue weighted by Gasteiger charge is -2.05. The molecule has 0 bridgehead atoms. The minimum Gasteiger partial charge on any atom is -0.480 e. The second-order valence-electron chi connectivity index (χ2n) is 4.10. The Bertz CT molecular complexity index is 434. The first-order chi connectivity index (χ1) is 9.29. The second-order valence-corrected chi connectivity index (χ2v) is 4.10. The molecule has 114 valence electrons. The van der Waals surface area contributed by atoms with Crippen molar-refractivity contribution in [2.24, 2.45) is 18.5 Å². The highest BCUT2D eigenvalue weighted by atomic mass is 16.4. The van der Waals surface area contributed by atoms with Gasteiger partial charge in [0.2, 0.25) is 0 Å². The molecule has 0 fully saturated rings. The summed E-state index contributed by atoms with van der Waals surface area (Å²) in [6, 6.07) is -1.76. The highest BCUT2D eigenvalue weighted by molar-refractivity contribution is 5.73. The van der Waals surface area contributed by atoms with Gasteiger partial charge in [-0.15, -0.1) is 0 Å². The minimum absolute atomic E-state index is 0.120. The quantitative estimate of drug-likeness (QED) is 0.407. The number of hydrogen-bond donors (Lipinski definition) is 5. The molecule has 0 aliphatic rings. The second kappa shape index (κ2) is 9.02. The number of carboxylic acid groups (broad SMARTS) is 2. The third-order valence-electron chi connectivity index (χ3n) is 2.42. The molecule has 1 heterocycles. The topological polar surface area (TPSA) is 165 Å². The Kier molecular flexibility index (Phi) is 8.13. The van der Waals surface area contributed by atoms with E-state index in [1.165, 1.54) is 0 Å². The van der Waals surface area contributed by atoms with Gasteiger partial charge in [-0.25, -0.2) is 4.98 Å². The van der Waals surface area contributed by atoms with E-state index in [0.29, 0.717) is 6.42 Å². The van der Waals surface area contributed by atoms with Crippen molar-refractivity contribution in [3.63, 3.8) is 0 Å². The number of aromatic nitrogens is 2. The van der Waals surface area contributed by atoms with Crippen molar-refractivity contribution in [2.75, 3.05) is 6.61 Å². The van der Waals surface area contributed by atoms with Crippen LogP contribution in [0.25, 0.3) is 0 Å². The molecule has 1 aromatic heterocycles. The zero-order valence-corrected chi connectivity index (χ0v) is 11.1. The van der Waals surface area contributed by atoms with Crippen molar-refractivity contribution in [3.8, 4) is 0 Å². The molecule has 0 aliphatic heterocycles. The largest absolute Gasteiger partial charge is 0.480 e. The van der Waals surface area contributed by atoms with Gasteiger partial charge in [-0.1, -0.05) is 0 Å². The summed E-state index contributed by atoms with van der Waals surface area (Å²) in [6.07, 6.45) is 3.66. The van der Waals surface area contributed by atoms with Crippen molar-refractivity contribution >= 4 is 11.9 Å². The Hall–Kier alpha value is -1.97. The third kappa shape index (κ3) is 6.83. The van der Waals surface area contributed by atoms with Crippen molar-refractivity contribution in [1.82, 2.24) is 9.55 Å². The number of aliphatic carboxylic acids is 2. The molecule has 9 nitrogen and oxygen atoms in total. The number of nitrogens with two attached hydrogens (primary N) is 2. The Labute approximate surface area is 115 Å². The lowest BCUT2D eigenvalue weighted by Crippen LogP contribution is -2.32. The predicted octanol–water partition coefficient (Wildman–Crippen LogP) is -1.84. The zero-order valence-electron chi connectivity index (χ0n) is 11.1. The number of rotatable bonds is 6. The van der Waals surface area contributed by atoms with Gasteiger partial charge in [0.25, 0.3) is 0 Å². The third-order valence-corrected chi connectivity index (χ3v) is 2.42. The highest BCUT2D eigenvalue weighted by Gasteiger charge is 2.13. The van der Waals surface area contributed by atoms with Gasteiger partial charge in [-0.3, -0.25) is 9.59 Å². The minimum atomic E-state index is -1.07. The first kappa shape index (κ1) is 18.0. The van der Waals surface area contributed by atoms with Crippen molar-refractivity contribution in [2.45, 2.75) is 24.9 Å². The molecule has 0 aliphatic carbocycles. The van der Waals surface area contributed by atoms with Crippen LogP contribution in [0.5, 0.6) is 0 Å². The molecule has 9 heteroatoms. The molecule has 0 saturated carbocycles. The van der Waals surface area contributed by atoms with Crippen LogP contribution in [-0.2, 0) is 23.1 Å².